The minimum Gasteiger partial charge on any atom is -0.383 e. The molecule has 0 aliphatic heterocycles. The molecular weight excluding hydrogens is 593 g/mol. The number of nitrogens with zero attached hydrogens (tertiary/aromatic N) is 1. The fourth-order valence-corrected chi connectivity index (χ4v) is 8.63. The van der Waals surface area contributed by atoms with Crippen molar-refractivity contribution in [2.45, 2.75) is 45.6 Å². The summed E-state index contributed by atoms with van der Waals surface area (Å²) in [4.78, 5) is 0. The van der Waals surface area contributed by atoms with Crippen LogP contribution in [0.1, 0.15) is 37.5 Å². The first-order valence-corrected chi connectivity index (χ1v) is 15.8. The largest absolute Gasteiger partial charge is 0.416 e. The van der Waals surface area contributed by atoms with Crippen LogP contribution in [-0.4, -0.2) is 12.6 Å². The highest BCUT2D eigenvalue weighted by Crippen LogP contribution is 2.47. The quantitative estimate of drug-likeness (QED) is 0.145. The van der Waals surface area contributed by atoms with Crippen molar-refractivity contribution in [1.82, 2.24) is 5.32 Å². The van der Waals surface area contributed by atoms with Crippen molar-refractivity contribution in [2.75, 3.05) is 6.54 Å². The van der Waals surface area contributed by atoms with Crippen molar-refractivity contribution in [2.24, 2.45) is 10.2 Å². The van der Waals surface area contributed by atoms with E-state index in [2.05, 4.69) is 48.3 Å². The van der Waals surface area contributed by atoms with Gasteiger partial charge in [-0.25, -0.2) is 0 Å². The van der Waals surface area contributed by atoms with E-state index >= 15 is 0 Å². The molecule has 0 spiro atoms. The molecule has 9 heteroatoms. The predicted octanol–water partition coefficient (Wildman–Crippen LogP) is 8.96. The third-order valence-corrected chi connectivity index (χ3v) is 11.1. The lowest BCUT2D eigenvalue weighted by molar-refractivity contribution is -0.143. The minimum atomic E-state index is -4.92. The maximum absolute atomic E-state index is 13.5. The number of halogens is 6. The lowest BCUT2D eigenvalue weighted by Gasteiger charge is -2.34. The molecule has 0 aromatic heterocycles. The van der Waals surface area contributed by atoms with Crippen LogP contribution >= 0.6 is 7.05 Å². The molecule has 0 heterocycles. The Hall–Kier alpha value is -3.77. The zero-order chi connectivity index (χ0) is 32.2. The Morgan fingerprint density at radius 3 is 1.41 bits per heavy atom. The molecule has 2 nitrogen and oxygen atoms in total. The van der Waals surface area contributed by atoms with Gasteiger partial charge < -0.3 is 5.32 Å². The van der Waals surface area contributed by atoms with E-state index in [9.17, 15) is 26.3 Å². The summed E-state index contributed by atoms with van der Waals surface area (Å²) < 4.78 is 86.2. The Bertz CT molecular complexity index is 1470. The first-order chi connectivity index (χ1) is 20.6. The average Bonchev–Trinajstić information content (AvgIpc) is 2.97. The molecule has 0 bridgehead atoms. The molecule has 4 rings (SSSR count). The highest BCUT2D eigenvalue weighted by Gasteiger charge is 2.37. The number of alkyl halides is 6. The van der Waals surface area contributed by atoms with Gasteiger partial charge in [0.25, 0.3) is 0 Å². The van der Waals surface area contributed by atoms with Crippen molar-refractivity contribution in [3.63, 3.8) is 0 Å². The molecule has 0 radical (unpaired) electrons. The second-order valence-corrected chi connectivity index (χ2v) is 14.8. The van der Waals surface area contributed by atoms with Gasteiger partial charge in [0.15, 0.2) is 0 Å². The van der Waals surface area contributed by atoms with Gasteiger partial charge in [0.2, 0.25) is 0 Å². The molecule has 44 heavy (non-hydrogen) atoms. The molecular formula is C35H35F6N2P. The van der Waals surface area contributed by atoms with E-state index in [0.29, 0.717) is 12.2 Å². The minimum absolute atomic E-state index is 0.131. The van der Waals surface area contributed by atoms with E-state index in [1.807, 2.05) is 75.4 Å². The van der Waals surface area contributed by atoms with Crippen LogP contribution in [0.2, 0.25) is 0 Å². The van der Waals surface area contributed by atoms with Crippen molar-refractivity contribution < 1.29 is 26.3 Å². The van der Waals surface area contributed by atoms with Crippen LogP contribution in [-0.2, 0) is 18.8 Å². The number of rotatable bonds is 9. The van der Waals surface area contributed by atoms with Gasteiger partial charge in [-0.3, -0.25) is 4.74 Å². The summed E-state index contributed by atoms with van der Waals surface area (Å²) in [5.41, 5.74) is -2.91. The first kappa shape index (κ1) is 33.1. The Morgan fingerprint density at radius 1 is 0.682 bits per heavy atom. The second-order valence-electron chi connectivity index (χ2n) is 11.7. The van der Waals surface area contributed by atoms with Gasteiger partial charge in [0, 0.05) is 28.0 Å². The smallest absolute Gasteiger partial charge is 0.383 e. The SMILES string of the molecule is C=C(Cc1cc(C(F)(F)F)cc(C(F)(F)F)c1)N[C@H](CN=P(c1ccccc1)(c1ccccc1)c1ccccc1)C(C)(C)C. The van der Waals surface area contributed by atoms with Gasteiger partial charge in [0.05, 0.1) is 30.8 Å². The standard InChI is InChI=1S/C35H35F6N2P/c1-25(20-26-21-27(34(36,37)38)23-28(22-26)35(39,40)41)43-32(33(2,3)4)24-42-44(29-14-8-5-9-15-29,30-16-10-6-11-17-30)31-18-12-7-13-19-31/h5-19,21-23,32,43H,1,20,24H2,2-4H3/t32-/m1/s1. The lowest BCUT2D eigenvalue weighted by atomic mass is 9.86. The summed E-state index contributed by atoms with van der Waals surface area (Å²) in [6.45, 7) is 10.3. The molecule has 0 amide bonds. The van der Waals surface area contributed by atoms with E-state index in [1.54, 1.807) is 0 Å². The molecule has 1 N–H and O–H groups in total. The Kier molecular flexibility index (Phi) is 9.84. The summed E-state index contributed by atoms with van der Waals surface area (Å²) in [7, 11) is -2.53. The van der Waals surface area contributed by atoms with Crippen LogP contribution in [0, 0.1) is 5.41 Å². The lowest BCUT2D eigenvalue weighted by Crippen LogP contribution is -2.42. The molecule has 0 saturated carbocycles. The van der Waals surface area contributed by atoms with Gasteiger partial charge in [-0.2, -0.15) is 26.3 Å². The van der Waals surface area contributed by atoms with Crippen molar-refractivity contribution in [3.8, 4) is 0 Å². The number of benzene rings is 4. The third-order valence-electron chi connectivity index (χ3n) is 7.35. The highest BCUT2D eigenvalue weighted by atomic mass is 31.2. The molecule has 4 aromatic carbocycles. The van der Waals surface area contributed by atoms with Crippen molar-refractivity contribution in [3.05, 3.63) is 138 Å². The fraction of sp³-hybridized carbons (Fsp3) is 0.257. The van der Waals surface area contributed by atoms with Gasteiger partial charge in [-0.15, -0.1) is 0 Å². The topological polar surface area (TPSA) is 24.4 Å². The molecule has 1 atom stereocenters. The Morgan fingerprint density at radius 2 is 1.07 bits per heavy atom. The summed E-state index contributed by atoms with van der Waals surface area (Å²) >= 11 is 0. The molecule has 0 saturated heterocycles. The molecule has 0 fully saturated rings. The van der Waals surface area contributed by atoms with Crippen molar-refractivity contribution >= 4 is 23.0 Å². The maximum atomic E-state index is 13.5. The molecule has 4 aromatic rings. The Labute approximate surface area is 254 Å². The van der Waals surface area contributed by atoms with Gasteiger partial charge in [-0.1, -0.05) is 118 Å². The number of hydrogen-bond donors (Lipinski definition) is 1. The average molecular weight is 629 g/mol. The predicted molar refractivity (Wildman–Crippen MR) is 168 cm³/mol. The first-order valence-electron chi connectivity index (χ1n) is 14.1. The van der Waals surface area contributed by atoms with Gasteiger partial charge in [-0.05, 0) is 29.2 Å². The van der Waals surface area contributed by atoms with Gasteiger partial charge >= 0.3 is 12.4 Å². The van der Waals surface area contributed by atoms with Crippen LogP contribution in [0.3, 0.4) is 0 Å². The number of hydrogen-bond acceptors (Lipinski definition) is 2. The van der Waals surface area contributed by atoms with Crippen LogP contribution in [0.25, 0.3) is 0 Å². The summed E-state index contributed by atoms with van der Waals surface area (Å²) in [5.74, 6) is 0. The molecule has 0 aliphatic carbocycles. The van der Waals surface area contributed by atoms with E-state index in [4.69, 9.17) is 4.74 Å². The van der Waals surface area contributed by atoms with Crippen LogP contribution < -0.4 is 21.2 Å². The summed E-state index contributed by atoms with van der Waals surface area (Å²) in [6, 6.07) is 31.5. The van der Waals surface area contributed by atoms with E-state index in [-0.39, 0.29) is 24.1 Å². The van der Waals surface area contributed by atoms with E-state index in [1.165, 1.54) is 0 Å². The molecule has 0 unspecified atom stereocenters. The zero-order valence-electron chi connectivity index (χ0n) is 24.8. The third kappa shape index (κ3) is 7.84. The van der Waals surface area contributed by atoms with E-state index in [0.717, 1.165) is 28.0 Å². The second kappa shape index (κ2) is 13.1. The maximum Gasteiger partial charge on any atom is 0.416 e. The van der Waals surface area contributed by atoms with E-state index < -0.39 is 35.9 Å². The zero-order valence-corrected chi connectivity index (χ0v) is 25.6. The van der Waals surface area contributed by atoms with Crippen LogP contribution in [0.4, 0.5) is 26.3 Å². The monoisotopic (exact) mass is 628 g/mol. The van der Waals surface area contributed by atoms with Crippen molar-refractivity contribution in [1.29, 1.82) is 0 Å². The summed E-state index contributed by atoms with van der Waals surface area (Å²) in [5, 5.41) is 6.50. The fourth-order valence-electron chi connectivity index (χ4n) is 5.03. The number of allylic oxidation sites excluding steroid dienone is 1. The van der Waals surface area contributed by atoms with Crippen LogP contribution in [0.15, 0.2) is 126 Å². The number of nitrogens with one attached hydrogen (secondary N) is 1. The normalized spacial score (nSPS) is 13.3. The highest BCUT2D eigenvalue weighted by molar-refractivity contribution is 7.87. The Balaban J connectivity index is 1.75. The summed E-state index contributed by atoms with van der Waals surface area (Å²) in [6.07, 6.45) is -10.1. The molecule has 232 valence electrons. The van der Waals surface area contributed by atoms with Gasteiger partial charge in [0.1, 0.15) is 0 Å². The molecule has 0 aliphatic rings. The van der Waals surface area contributed by atoms with Crippen LogP contribution in [0.5, 0.6) is 0 Å².